The Kier molecular flexibility index (Phi) is 4.27. The lowest BCUT2D eigenvalue weighted by Gasteiger charge is -2.09. The van der Waals surface area contributed by atoms with Crippen molar-refractivity contribution in [2.45, 2.75) is 13.3 Å². The summed E-state index contributed by atoms with van der Waals surface area (Å²) in [7, 11) is 0. The zero-order chi connectivity index (χ0) is 17.3. The van der Waals surface area contributed by atoms with Crippen LogP contribution in [-0.4, -0.2) is 16.9 Å². The number of nitrogens with one attached hydrogen (secondary N) is 2. The maximum Gasteiger partial charge on any atom is 0.228 e. The number of hydrogen-bond donors (Lipinski definition) is 2. The van der Waals surface area contributed by atoms with Gasteiger partial charge in [0, 0.05) is 10.9 Å². The van der Waals surface area contributed by atoms with E-state index in [-0.39, 0.29) is 18.0 Å². The van der Waals surface area contributed by atoms with Crippen molar-refractivity contribution in [2.75, 3.05) is 5.32 Å². The minimum Gasteiger partial charge on any atom is -0.543 e. The average molecular weight is 342 g/mol. The van der Waals surface area contributed by atoms with Crippen LogP contribution in [0.15, 0.2) is 42.5 Å². The lowest BCUT2D eigenvalue weighted by molar-refractivity contribution is -0.255. The van der Waals surface area contributed by atoms with Gasteiger partial charge < -0.3 is 20.2 Å². The molecule has 0 aliphatic heterocycles. The van der Waals surface area contributed by atoms with Crippen LogP contribution in [0.1, 0.15) is 21.6 Å². The molecule has 0 fully saturated rings. The number of benzene rings is 2. The topological polar surface area (TPSA) is 85.0 Å². The van der Waals surface area contributed by atoms with Gasteiger partial charge in [0.1, 0.15) is 0 Å². The highest BCUT2D eigenvalue weighted by Crippen LogP contribution is 2.25. The molecule has 0 radical (unpaired) electrons. The van der Waals surface area contributed by atoms with E-state index in [9.17, 15) is 14.7 Å². The second-order valence-electron chi connectivity index (χ2n) is 5.52. The molecule has 0 saturated heterocycles. The number of carboxylic acid groups (broad SMARTS) is 1. The van der Waals surface area contributed by atoms with E-state index in [4.69, 9.17) is 11.6 Å². The van der Waals surface area contributed by atoms with Crippen molar-refractivity contribution < 1.29 is 14.7 Å². The molecule has 0 spiro atoms. The predicted molar refractivity (Wildman–Crippen MR) is 91.2 cm³/mol. The summed E-state index contributed by atoms with van der Waals surface area (Å²) in [4.78, 5) is 26.4. The summed E-state index contributed by atoms with van der Waals surface area (Å²) >= 11 is 6.11. The Hall–Kier alpha value is -2.79. The van der Waals surface area contributed by atoms with E-state index in [0.29, 0.717) is 27.2 Å². The van der Waals surface area contributed by atoms with Crippen LogP contribution in [0.3, 0.4) is 0 Å². The number of para-hydroxylation sites is 1. The van der Waals surface area contributed by atoms with Gasteiger partial charge >= 0.3 is 0 Å². The number of H-pyrrole nitrogens is 1. The summed E-state index contributed by atoms with van der Waals surface area (Å²) in [6.07, 6.45) is -0.0997. The maximum atomic E-state index is 12.3. The number of carbonyl (C=O) groups excluding carboxylic acids is 2. The number of aryl methyl sites for hydroxylation is 1. The molecule has 5 nitrogen and oxygen atoms in total. The van der Waals surface area contributed by atoms with Gasteiger partial charge in [-0.15, -0.1) is 0 Å². The highest BCUT2D eigenvalue weighted by atomic mass is 35.5. The smallest absolute Gasteiger partial charge is 0.228 e. The van der Waals surface area contributed by atoms with Gasteiger partial charge in [-0.05, 0) is 36.2 Å². The van der Waals surface area contributed by atoms with Crippen LogP contribution >= 0.6 is 11.6 Å². The number of rotatable bonds is 4. The Bertz CT molecular complexity index is 947. The van der Waals surface area contributed by atoms with Gasteiger partial charge in [-0.3, -0.25) is 4.79 Å². The number of hydrogen-bond acceptors (Lipinski definition) is 3. The summed E-state index contributed by atoms with van der Waals surface area (Å²) in [5, 5.41) is 15.2. The molecule has 1 aromatic heterocycles. The van der Waals surface area contributed by atoms with E-state index < -0.39 is 5.97 Å². The molecule has 0 saturated carbocycles. The molecule has 0 bridgehead atoms. The molecule has 3 aromatic rings. The van der Waals surface area contributed by atoms with Gasteiger partial charge in [0.2, 0.25) is 5.91 Å². The third kappa shape index (κ3) is 3.12. The Balaban J connectivity index is 1.90. The van der Waals surface area contributed by atoms with Crippen molar-refractivity contribution in [3.05, 3.63) is 64.3 Å². The van der Waals surface area contributed by atoms with Gasteiger partial charge in [-0.2, -0.15) is 0 Å². The Morgan fingerprint density at radius 3 is 2.67 bits per heavy atom. The summed E-state index contributed by atoms with van der Waals surface area (Å²) in [6.45, 7) is 1.90. The van der Waals surface area contributed by atoms with Crippen LogP contribution in [0.5, 0.6) is 0 Å². The number of fused-ring (bicyclic) bond motifs is 1. The standard InChI is InChI=1S/C18H15ClN2O3/c1-10-6-7-15(13(19)8-10)20-16(22)9-12-11-4-2-3-5-14(11)21-17(12)18(23)24/h2-8,21H,9H2,1H3,(H,20,22)(H,23,24)/p-1. The van der Waals surface area contributed by atoms with E-state index >= 15 is 0 Å². The minimum atomic E-state index is -1.35. The van der Waals surface area contributed by atoms with E-state index in [1.807, 2.05) is 13.0 Å². The molecule has 0 aliphatic carbocycles. The van der Waals surface area contributed by atoms with Crippen LogP contribution in [-0.2, 0) is 11.2 Å². The van der Waals surface area contributed by atoms with Gasteiger partial charge in [0.25, 0.3) is 0 Å². The maximum absolute atomic E-state index is 12.3. The highest BCUT2D eigenvalue weighted by Gasteiger charge is 2.16. The quantitative estimate of drug-likeness (QED) is 0.765. The normalized spacial score (nSPS) is 10.8. The molecule has 2 N–H and O–H groups in total. The summed E-state index contributed by atoms with van der Waals surface area (Å²) < 4.78 is 0. The first-order valence-corrected chi connectivity index (χ1v) is 7.70. The molecule has 1 amide bonds. The van der Waals surface area contributed by atoms with Crippen molar-refractivity contribution in [1.29, 1.82) is 0 Å². The summed E-state index contributed by atoms with van der Waals surface area (Å²) in [5.74, 6) is -1.70. The molecule has 6 heteroatoms. The monoisotopic (exact) mass is 341 g/mol. The molecule has 0 unspecified atom stereocenters. The fourth-order valence-electron chi connectivity index (χ4n) is 2.63. The van der Waals surface area contributed by atoms with Crippen LogP contribution < -0.4 is 10.4 Å². The molecule has 0 aliphatic rings. The molecule has 0 atom stereocenters. The molecule has 24 heavy (non-hydrogen) atoms. The van der Waals surface area contributed by atoms with Crippen LogP contribution in [0.4, 0.5) is 5.69 Å². The summed E-state index contributed by atoms with van der Waals surface area (Å²) in [6, 6.07) is 12.4. The minimum absolute atomic E-state index is 0.0821. The van der Waals surface area contributed by atoms with Crippen LogP contribution in [0, 0.1) is 6.92 Å². The number of carboxylic acids is 1. The van der Waals surface area contributed by atoms with Gasteiger partial charge in [-0.25, -0.2) is 0 Å². The Labute approximate surface area is 143 Å². The van der Waals surface area contributed by atoms with Crippen molar-refractivity contribution in [1.82, 2.24) is 4.98 Å². The number of anilines is 1. The largest absolute Gasteiger partial charge is 0.543 e. The lowest BCUT2D eigenvalue weighted by Crippen LogP contribution is -2.25. The molecule has 2 aromatic carbocycles. The van der Waals surface area contributed by atoms with Crippen molar-refractivity contribution in [3.8, 4) is 0 Å². The zero-order valence-electron chi connectivity index (χ0n) is 12.9. The second-order valence-corrected chi connectivity index (χ2v) is 5.93. The average Bonchev–Trinajstić information content (AvgIpc) is 2.89. The van der Waals surface area contributed by atoms with Crippen LogP contribution in [0.25, 0.3) is 10.9 Å². The number of amides is 1. The number of aromatic amines is 1. The molecular formula is C18H14ClN2O3-. The molecule has 1 heterocycles. The first-order chi connectivity index (χ1) is 11.5. The third-order valence-electron chi connectivity index (χ3n) is 3.75. The number of carbonyl (C=O) groups is 2. The van der Waals surface area contributed by atoms with E-state index in [0.717, 1.165) is 5.56 Å². The van der Waals surface area contributed by atoms with Crippen molar-refractivity contribution in [2.24, 2.45) is 0 Å². The molecule has 3 rings (SSSR count). The van der Waals surface area contributed by atoms with E-state index in [1.54, 1.807) is 36.4 Å². The first-order valence-electron chi connectivity index (χ1n) is 7.32. The zero-order valence-corrected chi connectivity index (χ0v) is 13.6. The van der Waals surface area contributed by atoms with Gasteiger partial charge in [0.15, 0.2) is 0 Å². The fraction of sp³-hybridized carbons (Fsp3) is 0.111. The van der Waals surface area contributed by atoms with Crippen molar-refractivity contribution in [3.63, 3.8) is 0 Å². The second kappa shape index (κ2) is 6.37. The first kappa shape index (κ1) is 16.1. The third-order valence-corrected chi connectivity index (χ3v) is 4.07. The van der Waals surface area contributed by atoms with Crippen LogP contribution in [0.2, 0.25) is 5.02 Å². The van der Waals surface area contributed by atoms with Gasteiger partial charge in [-0.1, -0.05) is 35.9 Å². The predicted octanol–water partition coefficient (Wildman–Crippen LogP) is 2.67. The lowest BCUT2D eigenvalue weighted by atomic mass is 10.1. The highest BCUT2D eigenvalue weighted by molar-refractivity contribution is 6.33. The number of aromatic nitrogens is 1. The van der Waals surface area contributed by atoms with E-state index in [1.165, 1.54) is 0 Å². The number of aromatic carboxylic acids is 1. The summed E-state index contributed by atoms with van der Waals surface area (Å²) in [5.41, 5.74) is 2.43. The van der Waals surface area contributed by atoms with E-state index in [2.05, 4.69) is 10.3 Å². The Morgan fingerprint density at radius 2 is 1.96 bits per heavy atom. The van der Waals surface area contributed by atoms with Gasteiger partial charge in [0.05, 0.1) is 28.8 Å². The molecule has 122 valence electrons. The Morgan fingerprint density at radius 1 is 1.21 bits per heavy atom. The fourth-order valence-corrected chi connectivity index (χ4v) is 2.92. The SMILES string of the molecule is Cc1ccc(NC(=O)Cc2c(C(=O)[O-])[nH]c3ccccc23)c(Cl)c1. The van der Waals surface area contributed by atoms with Crippen molar-refractivity contribution >= 4 is 40.1 Å². The number of halogens is 1. The molecular weight excluding hydrogens is 328 g/mol.